The minimum Gasteiger partial charge on any atom is -0.300 e. The Morgan fingerprint density at radius 3 is 2.56 bits per heavy atom. The average Bonchev–Trinajstić information content (AvgIpc) is 1.85. The number of hydrogen-bond donors (Lipinski definition) is 0. The van der Waals surface area contributed by atoms with E-state index in [-0.39, 0.29) is 0 Å². The molecule has 0 saturated carbocycles. The zero-order valence-corrected chi connectivity index (χ0v) is 6.96. The van der Waals surface area contributed by atoms with Crippen molar-refractivity contribution >= 4 is 17.5 Å². The van der Waals surface area contributed by atoms with Crippen LogP contribution in [0.4, 0.5) is 0 Å². The minimum absolute atomic E-state index is 0.409. The van der Waals surface area contributed by atoms with Crippen molar-refractivity contribution < 1.29 is 4.79 Å². The van der Waals surface area contributed by atoms with Crippen LogP contribution in [0.1, 0.15) is 26.2 Å². The third kappa shape index (κ3) is 5.90. The van der Waals surface area contributed by atoms with Crippen molar-refractivity contribution in [2.24, 2.45) is 0 Å². The molecule has 2 heteroatoms. The summed E-state index contributed by atoms with van der Waals surface area (Å²) >= 11 is 1.73. The molecular formula is C7H14OS. The molecule has 0 aromatic rings. The van der Waals surface area contributed by atoms with Gasteiger partial charge in [0.1, 0.15) is 5.78 Å². The molecule has 0 saturated heterocycles. The smallest absolute Gasteiger partial charge is 0.133 e. The maximum absolute atomic E-state index is 10.8. The first-order valence-corrected chi connectivity index (χ1v) is 4.71. The SMILES string of the molecule is CCCC(=O)CCSC. The molecule has 0 aromatic carbocycles. The Kier molecular flexibility index (Phi) is 6.16. The summed E-state index contributed by atoms with van der Waals surface area (Å²) in [7, 11) is 0. The first-order valence-electron chi connectivity index (χ1n) is 3.32. The van der Waals surface area contributed by atoms with E-state index >= 15 is 0 Å². The maximum atomic E-state index is 10.8. The van der Waals surface area contributed by atoms with Gasteiger partial charge in [-0.1, -0.05) is 6.92 Å². The molecular weight excluding hydrogens is 132 g/mol. The van der Waals surface area contributed by atoms with Crippen LogP contribution < -0.4 is 0 Å². The van der Waals surface area contributed by atoms with Crippen LogP contribution >= 0.6 is 11.8 Å². The molecule has 0 bridgehead atoms. The van der Waals surface area contributed by atoms with Gasteiger partial charge in [-0.25, -0.2) is 0 Å². The Bertz CT molecular complexity index is 81.0. The number of ketones is 1. The van der Waals surface area contributed by atoms with Gasteiger partial charge in [0.15, 0.2) is 0 Å². The molecule has 0 radical (unpaired) electrons. The van der Waals surface area contributed by atoms with Crippen LogP contribution in [0, 0.1) is 0 Å². The standard InChI is InChI=1S/C7H14OS/c1-3-4-7(8)5-6-9-2/h3-6H2,1-2H3. The Hall–Kier alpha value is 0.0200. The van der Waals surface area contributed by atoms with E-state index in [0.29, 0.717) is 5.78 Å². The highest BCUT2D eigenvalue weighted by molar-refractivity contribution is 7.98. The van der Waals surface area contributed by atoms with Crippen LogP contribution in [0.15, 0.2) is 0 Å². The zero-order valence-electron chi connectivity index (χ0n) is 6.14. The summed E-state index contributed by atoms with van der Waals surface area (Å²) < 4.78 is 0. The van der Waals surface area contributed by atoms with Crippen molar-refractivity contribution in [1.29, 1.82) is 0 Å². The number of rotatable bonds is 5. The quantitative estimate of drug-likeness (QED) is 0.591. The summed E-state index contributed by atoms with van der Waals surface area (Å²) in [6.07, 6.45) is 4.54. The summed E-state index contributed by atoms with van der Waals surface area (Å²) in [6.45, 7) is 2.04. The van der Waals surface area contributed by atoms with Gasteiger partial charge in [0, 0.05) is 12.8 Å². The van der Waals surface area contributed by atoms with E-state index in [2.05, 4.69) is 0 Å². The summed E-state index contributed by atoms with van der Waals surface area (Å²) in [6, 6.07) is 0. The van der Waals surface area contributed by atoms with E-state index in [4.69, 9.17) is 0 Å². The molecule has 54 valence electrons. The van der Waals surface area contributed by atoms with Crippen LogP contribution in [0.25, 0.3) is 0 Å². The summed E-state index contributed by atoms with van der Waals surface area (Å²) in [4.78, 5) is 10.8. The predicted molar refractivity (Wildman–Crippen MR) is 42.9 cm³/mol. The highest BCUT2D eigenvalue weighted by Gasteiger charge is 1.96. The Labute approximate surface area is 61.2 Å². The number of Topliss-reactive ketones (excluding diaryl/α,β-unsaturated/α-hetero) is 1. The Balaban J connectivity index is 3.06. The molecule has 0 heterocycles. The van der Waals surface area contributed by atoms with Gasteiger partial charge >= 0.3 is 0 Å². The molecule has 0 aliphatic heterocycles. The molecule has 0 N–H and O–H groups in total. The van der Waals surface area contributed by atoms with Crippen LogP contribution in [0.5, 0.6) is 0 Å². The first-order chi connectivity index (χ1) is 4.31. The minimum atomic E-state index is 0.409. The fourth-order valence-electron chi connectivity index (χ4n) is 0.620. The second-order valence-electron chi connectivity index (χ2n) is 2.03. The molecule has 9 heavy (non-hydrogen) atoms. The van der Waals surface area contributed by atoms with Gasteiger partial charge in [-0.2, -0.15) is 11.8 Å². The van der Waals surface area contributed by atoms with E-state index in [0.717, 1.165) is 25.0 Å². The van der Waals surface area contributed by atoms with Gasteiger partial charge in [-0.3, -0.25) is 4.79 Å². The van der Waals surface area contributed by atoms with Crippen LogP contribution in [0.2, 0.25) is 0 Å². The van der Waals surface area contributed by atoms with Gasteiger partial charge < -0.3 is 0 Å². The van der Waals surface area contributed by atoms with Gasteiger partial charge in [-0.15, -0.1) is 0 Å². The van der Waals surface area contributed by atoms with Crippen LogP contribution in [0.3, 0.4) is 0 Å². The van der Waals surface area contributed by atoms with E-state index in [9.17, 15) is 4.79 Å². The molecule has 0 unspecified atom stereocenters. The van der Waals surface area contributed by atoms with Crippen molar-refractivity contribution in [3.05, 3.63) is 0 Å². The molecule has 0 rings (SSSR count). The van der Waals surface area contributed by atoms with Gasteiger partial charge in [0.25, 0.3) is 0 Å². The Morgan fingerprint density at radius 1 is 1.44 bits per heavy atom. The van der Waals surface area contributed by atoms with Gasteiger partial charge in [0.2, 0.25) is 0 Å². The van der Waals surface area contributed by atoms with Crippen LogP contribution in [-0.4, -0.2) is 17.8 Å². The monoisotopic (exact) mass is 146 g/mol. The molecule has 0 fully saturated rings. The fraction of sp³-hybridized carbons (Fsp3) is 0.857. The molecule has 0 aliphatic rings. The number of carbonyl (C=O) groups is 1. The molecule has 0 aromatic heterocycles. The van der Waals surface area contributed by atoms with Crippen molar-refractivity contribution in [2.45, 2.75) is 26.2 Å². The lowest BCUT2D eigenvalue weighted by Gasteiger charge is -1.94. The summed E-state index contributed by atoms with van der Waals surface area (Å²) in [5.74, 6) is 1.39. The largest absolute Gasteiger partial charge is 0.300 e. The molecule has 0 amide bonds. The van der Waals surface area contributed by atoms with Crippen molar-refractivity contribution in [3.8, 4) is 0 Å². The second kappa shape index (κ2) is 6.14. The van der Waals surface area contributed by atoms with Crippen molar-refractivity contribution in [2.75, 3.05) is 12.0 Å². The first kappa shape index (κ1) is 9.02. The highest BCUT2D eigenvalue weighted by atomic mass is 32.2. The average molecular weight is 146 g/mol. The molecule has 0 atom stereocenters. The third-order valence-electron chi connectivity index (χ3n) is 1.11. The van der Waals surface area contributed by atoms with E-state index in [1.807, 2.05) is 13.2 Å². The van der Waals surface area contributed by atoms with Crippen molar-refractivity contribution in [3.63, 3.8) is 0 Å². The topological polar surface area (TPSA) is 17.1 Å². The zero-order chi connectivity index (χ0) is 7.11. The second-order valence-corrected chi connectivity index (χ2v) is 3.02. The lowest BCUT2D eigenvalue weighted by Crippen LogP contribution is -1.97. The Morgan fingerprint density at radius 2 is 2.11 bits per heavy atom. The normalized spacial score (nSPS) is 9.56. The van der Waals surface area contributed by atoms with Gasteiger partial charge in [0.05, 0.1) is 0 Å². The van der Waals surface area contributed by atoms with E-state index in [1.165, 1.54) is 0 Å². The summed E-state index contributed by atoms with van der Waals surface area (Å²) in [5, 5.41) is 0. The maximum Gasteiger partial charge on any atom is 0.133 e. The molecule has 0 aliphatic carbocycles. The van der Waals surface area contributed by atoms with E-state index in [1.54, 1.807) is 11.8 Å². The number of carbonyl (C=O) groups excluding carboxylic acids is 1. The fourth-order valence-corrected chi connectivity index (χ4v) is 1.05. The van der Waals surface area contributed by atoms with Gasteiger partial charge in [-0.05, 0) is 18.4 Å². The molecule has 0 spiro atoms. The lowest BCUT2D eigenvalue weighted by molar-refractivity contribution is -0.118. The highest BCUT2D eigenvalue weighted by Crippen LogP contribution is 1.99. The number of hydrogen-bond acceptors (Lipinski definition) is 2. The lowest BCUT2D eigenvalue weighted by atomic mass is 10.2. The summed E-state index contributed by atoms with van der Waals surface area (Å²) in [5.41, 5.74) is 0. The van der Waals surface area contributed by atoms with Crippen molar-refractivity contribution in [1.82, 2.24) is 0 Å². The van der Waals surface area contributed by atoms with Crippen LogP contribution in [-0.2, 0) is 4.79 Å². The predicted octanol–water partition coefficient (Wildman–Crippen LogP) is 2.11. The van der Waals surface area contributed by atoms with E-state index < -0.39 is 0 Å². The third-order valence-corrected chi connectivity index (χ3v) is 1.73. The number of thioether (sulfide) groups is 1. The molecule has 1 nitrogen and oxygen atoms in total.